The van der Waals surface area contributed by atoms with Crippen molar-refractivity contribution in [1.29, 1.82) is 0 Å². The number of hydrogen-bond acceptors (Lipinski definition) is 6. The number of pyridine rings is 1. The quantitative estimate of drug-likeness (QED) is 0.645. The summed E-state index contributed by atoms with van der Waals surface area (Å²) in [5.74, 6) is 0.738. The van der Waals surface area contributed by atoms with Crippen LogP contribution in [0.2, 0.25) is 0 Å². The zero-order valence-corrected chi connectivity index (χ0v) is 17.4. The lowest BCUT2D eigenvalue weighted by Gasteiger charge is -2.30. The van der Waals surface area contributed by atoms with E-state index in [2.05, 4.69) is 37.8 Å². The molecule has 0 radical (unpaired) electrons. The van der Waals surface area contributed by atoms with Crippen LogP contribution < -0.4 is 10.1 Å². The number of tetrazole rings is 1. The number of anilines is 1. The van der Waals surface area contributed by atoms with E-state index in [1.807, 2.05) is 6.92 Å². The van der Waals surface area contributed by atoms with Crippen LogP contribution in [0.15, 0.2) is 30.5 Å². The zero-order valence-electron chi connectivity index (χ0n) is 17.4. The number of carbonyl (C=O) groups is 1. The molecule has 0 spiro atoms. The van der Waals surface area contributed by atoms with Crippen LogP contribution in [0.5, 0.6) is 5.88 Å². The van der Waals surface area contributed by atoms with Gasteiger partial charge in [-0.2, -0.15) is 5.21 Å². The van der Waals surface area contributed by atoms with E-state index in [0.29, 0.717) is 48.3 Å². The molecular formula is C21H24FN7O2. The molecule has 0 aliphatic carbocycles. The summed E-state index contributed by atoms with van der Waals surface area (Å²) < 4.78 is 20.6. The Kier molecular flexibility index (Phi) is 6.06. The number of nitrogens with one attached hydrogen (secondary N) is 2. The number of nitrogens with zero attached hydrogens (tertiary/aromatic N) is 5. The number of likely N-dealkylation sites (tertiary alicyclic amines) is 1. The maximum Gasteiger partial charge on any atom is 0.321 e. The fourth-order valence-electron chi connectivity index (χ4n) is 3.60. The molecular weight excluding hydrogens is 401 g/mol. The number of carbonyl (C=O) groups excluding carboxylic acids is 1. The number of hydrogen-bond donors (Lipinski definition) is 2. The number of aromatic amines is 1. The van der Waals surface area contributed by atoms with Gasteiger partial charge in [0.1, 0.15) is 5.82 Å². The molecule has 1 saturated heterocycles. The summed E-state index contributed by atoms with van der Waals surface area (Å²) in [4.78, 5) is 18.6. The Hall–Kier alpha value is -3.56. The standard InChI is InChI=1S/C21H24FN7O2/c1-3-31-18-5-4-14(12-23-18)19-16(20-25-27-28-26-20)10-15(11-17(19)22)24-21(30)29-8-6-13(2)7-9-29/h4-5,10-13H,3,6-9H2,1-2H3,(H,24,30)(H,25,26,27,28). The zero-order chi connectivity index (χ0) is 21.8. The van der Waals surface area contributed by atoms with Crippen molar-refractivity contribution >= 4 is 11.7 Å². The molecule has 0 atom stereocenters. The average molecular weight is 425 g/mol. The maximum absolute atomic E-state index is 15.3. The first-order chi connectivity index (χ1) is 15.0. The molecule has 9 nitrogen and oxygen atoms in total. The molecule has 0 saturated carbocycles. The van der Waals surface area contributed by atoms with Gasteiger partial charge in [-0.3, -0.25) is 0 Å². The summed E-state index contributed by atoms with van der Waals surface area (Å²) in [6.45, 7) is 5.89. The highest BCUT2D eigenvalue weighted by molar-refractivity contribution is 5.92. The van der Waals surface area contributed by atoms with E-state index in [0.717, 1.165) is 12.8 Å². The van der Waals surface area contributed by atoms with Crippen molar-refractivity contribution < 1.29 is 13.9 Å². The molecule has 2 aromatic heterocycles. The molecule has 2 amide bonds. The minimum absolute atomic E-state index is 0.214. The Morgan fingerprint density at radius 1 is 1.32 bits per heavy atom. The van der Waals surface area contributed by atoms with Crippen molar-refractivity contribution in [2.24, 2.45) is 5.92 Å². The lowest BCUT2D eigenvalue weighted by atomic mass is 9.98. The third-order valence-corrected chi connectivity index (χ3v) is 5.32. The SMILES string of the molecule is CCOc1ccc(-c2c(F)cc(NC(=O)N3CCC(C)CC3)cc2-c2nn[nH]n2)cn1. The second-order valence-corrected chi connectivity index (χ2v) is 7.53. The number of ether oxygens (including phenoxy) is 1. The predicted octanol–water partition coefficient (Wildman–Crippen LogP) is 3.73. The molecule has 3 aromatic rings. The Balaban J connectivity index is 1.66. The number of benzene rings is 1. The molecule has 1 fully saturated rings. The van der Waals surface area contributed by atoms with Gasteiger partial charge in [0.25, 0.3) is 0 Å². The van der Waals surface area contributed by atoms with E-state index in [9.17, 15) is 4.79 Å². The normalized spacial score (nSPS) is 14.5. The third-order valence-electron chi connectivity index (χ3n) is 5.32. The lowest BCUT2D eigenvalue weighted by Crippen LogP contribution is -2.40. The van der Waals surface area contributed by atoms with Crippen LogP contribution in [-0.4, -0.2) is 56.2 Å². The van der Waals surface area contributed by atoms with E-state index in [1.54, 1.807) is 23.1 Å². The van der Waals surface area contributed by atoms with Crippen LogP contribution in [0.25, 0.3) is 22.5 Å². The number of urea groups is 1. The van der Waals surface area contributed by atoms with E-state index in [1.165, 1.54) is 12.3 Å². The first-order valence-electron chi connectivity index (χ1n) is 10.3. The lowest BCUT2D eigenvalue weighted by molar-refractivity contribution is 0.186. The summed E-state index contributed by atoms with van der Waals surface area (Å²) in [7, 11) is 0. The Bertz CT molecular complexity index is 1030. The number of rotatable bonds is 5. The van der Waals surface area contributed by atoms with Crippen LogP contribution in [0.3, 0.4) is 0 Å². The smallest absolute Gasteiger partial charge is 0.321 e. The average Bonchev–Trinajstić information content (AvgIpc) is 3.30. The fourth-order valence-corrected chi connectivity index (χ4v) is 3.60. The molecule has 162 valence electrons. The Morgan fingerprint density at radius 3 is 2.77 bits per heavy atom. The molecule has 4 rings (SSSR count). The minimum atomic E-state index is -0.532. The number of amides is 2. The minimum Gasteiger partial charge on any atom is -0.478 e. The van der Waals surface area contributed by atoms with Crippen molar-refractivity contribution in [1.82, 2.24) is 30.5 Å². The number of H-pyrrole nitrogens is 1. The number of piperidine rings is 1. The molecule has 10 heteroatoms. The van der Waals surface area contributed by atoms with Crippen molar-refractivity contribution in [3.63, 3.8) is 0 Å². The second kappa shape index (κ2) is 9.07. The van der Waals surface area contributed by atoms with Crippen molar-refractivity contribution in [2.75, 3.05) is 25.0 Å². The topological polar surface area (TPSA) is 109 Å². The molecule has 3 heterocycles. The molecule has 31 heavy (non-hydrogen) atoms. The Morgan fingerprint density at radius 2 is 2.13 bits per heavy atom. The highest BCUT2D eigenvalue weighted by atomic mass is 19.1. The van der Waals surface area contributed by atoms with Crippen molar-refractivity contribution in [2.45, 2.75) is 26.7 Å². The van der Waals surface area contributed by atoms with Gasteiger partial charge in [-0.05, 0) is 49.1 Å². The highest BCUT2D eigenvalue weighted by Gasteiger charge is 2.22. The summed E-state index contributed by atoms with van der Waals surface area (Å²) in [6, 6.07) is 6.07. The number of halogens is 1. The van der Waals surface area contributed by atoms with Gasteiger partial charge in [0, 0.05) is 47.7 Å². The van der Waals surface area contributed by atoms with Crippen LogP contribution in [0, 0.1) is 11.7 Å². The fraction of sp³-hybridized carbons (Fsp3) is 0.381. The third kappa shape index (κ3) is 4.62. The van der Waals surface area contributed by atoms with Crippen LogP contribution in [0.4, 0.5) is 14.9 Å². The van der Waals surface area contributed by atoms with Gasteiger partial charge < -0.3 is 15.0 Å². The van der Waals surface area contributed by atoms with Gasteiger partial charge in [0.2, 0.25) is 11.7 Å². The Labute approximate surface area is 179 Å². The maximum atomic E-state index is 15.3. The summed E-state index contributed by atoms with van der Waals surface area (Å²) in [5.41, 5.74) is 1.51. The van der Waals surface area contributed by atoms with Crippen LogP contribution in [0.1, 0.15) is 26.7 Å². The summed E-state index contributed by atoms with van der Waals surface area (Å²) in [6.07, 6.45) is 3.44. The van der Waals surface area contributed by atoms with E-state index in [4.69, 9.17) is 4.74 Å². The monoisotopic (exact) mass is 425 g/mol. The largest absolute Gasteiger partial charge is 0.478 e. The van der Waals surface area contributed by atoms with E-state index in [-0.39, 0.29) is 17.4 Å². The van der Waals surface area contributed by atoms with Gasteiger partial charge in [-0.25, -0.2) is 14.2 Å². The van der Waals surface area contributed by atoms with Crippen molar-refractivity contribution in [3.8, 4) is 28.4 Å². The van der Waals surface area contributed by atoms with E-state index < -0.39 is 5.82 Å². The molecule has 1 aliphatic heterocycles. The van der Waals surface area contributed by atoms with Gasteiger partial charge in [0.05, 0.1) is 6.61 Å². The first kappa shape index (κ1) is 20.7. The predicted molar refractivity (Wildman–Crippen MR) is 113 cm³/mol. The first-order valence-corrected chi connectivity index (χ1v) is 10.3. The summed E-state index contributed by atoms with van der Waals surface area (Å²) >= 11 is 0. The summed E-state index contributed by atoms with van der Waals surface area (Å²) in [5, 5.41) is 16.8. The number of aromatic nitrogens is 5. The van der Waals surface area contributed by atoms with Gasteiger partial charge in [-0.15, -0.1) is 10.2 Å². The molecule has 0 unspecified atom stereocenters. The highest BCUT2D eigenvalue weighted by Crippen LogP contribution is 2.35. The van der Waals surface area contributed by atoms with Gasteiger partial charge in [-0.1, -0.05) is 6.92 Å². The van der Waals surface area contributed by atoms with E-state index >= 15 is 4.39 Å². The molecule has 2 N–H and O–H groups in total. The van der Waals surface area contributed by atoms with Gasteiger partial charge >= 0.3 is 6.03 Å². The molecule has 1 aliphatic rings. The van der Waals surface area contributed by atoms with Crippen molar-refractivity contribution in [3.05, 3.63) is 36.3 Å². The molecule has 0 bridgehead atoms. The van der Waals surface area contributed by atoms with Crippen LogP contribution in [-0.2, 0) is 0 Å². The second-order valence-electron chi connectivity index (χ2n) is 7.53. The van der Waals surface area contributed by atoms with Crippen LogP contribution >= 0.6 is 0 Å². The molecule has 1 aromatic carbocycles. The van der Waals surface area contributed by atoms with Gasteiger partial charge in [0.15, 0.2) is 0 Å².